The van der Waals surface area contributed by atoms with Gasteiger partial charge in [-0.25, -0.2) is 4.98 Å². The molecule has 3 heterocycles. The lowest BCUT2D eigenvalue weighted by Crippen LogP contribution is -2.35. The van der Waals surface area contributed by atoms with Crippen molar-refractivity contribution in [3.8, 4) is 16.8 Å². The van der Waals surface area contributed by atoms with Crippen molar-refractivity contribution in [2.75, 3.05) is 0 Å². The average molecular weight is 449 g/mol. The number of rotatable bonds is 0. The molecule has 2 aliphatic rings. The van der Waals surface area contributed by atoms with E-state index in [-0.39, 0.29) is 5.43 Å². The molecule has 35 heavy (non-hydrogen) atoms. The summed E-state index contributed by atoms with van der Waals surface area (Å²) in [6.45, 7) is 2.12. The van der Waals surface area contributed by atoms with Crippen molar-refractivity contribution in [2.24, 2.45) is 0 Å². The molecular weight excluding hydrogens is 428 g/mol. The predicted octanol–water partition coefficient (Wildman–Crippen LogP) is 6.52. The third-order valence-corrected chi connectivity index (χ3v) is 7.90. The van der Waals surface area contributed by atoms with Gasteiger partial charge in [-0.3, -0.25) is 9.36 Å². The molecule has 4 aromatic carbocycles. The minimum Gasteiger partial charge on any atom is -0.293 e. The Morgan fingerprint density at radius 2 is 1.37 bits per heavy atom. The van der Waals surface area contributed by atoms with Crippen LogP contribution in [0.5, 0.6) is 0 Å². The molecule has 8 rings (SSSR count). The van der Waals surface area contributed by atoms with Gasteiger partial charge in [0.05, 0.1) is 22.0 Å². The molecule has 2 aromatic heterocycles. The van der Waals surface area contributed by atoms with E-state index < -0.39 is 5.41 Å². The summed E-state index contributed by atoms with van der Waals surface area (Å²) in [5, 5.41) is 1.38. The lowest BCUT2D eigenvalue weighted by Gasteiger charge is -2.40. The van der Waals surface area contributed by atoms with Crippen LogP contribution < -0.4 is 5.43 Å². The Kier molecular flexibility index (Phi) is 3.42. The van der Waals surface area contributed by atoms with Crippen molar-refractivity contribution in [3.05, 3.63) is 141 Å². The van der Waals surface area contributed by atoms with Gasteiger partial charge in [-0.15, -0.1) is 0 Å². The van der Waals surface area contributed by atoms with E-state index in [2.05, 4.69) is 84.3 Å². The number of aromatic nitrogens is 2. The van der Waals surface area contributed by atoms with Crippen molar-refractivity contribution >= 4 is 21.9 Å². The van der Waals surface area contributed by atoms with Crippen molar-refractivity contribution < 1.29 is 0 Å². The third kappa shape index (κ3) is 2.08. The zero-order valence-electron chi connectivity index (χ0n) is 19.1. The highest BCUT2D eigenvalue weighted by molar-refractivity contribution is 6.01. The second-order valence-corrected chi connectivity index (χ2v) is 9.60. The van der Waals surface area contributed by atoms with E-state index >= 15 is 0 Å². The maximum atomic E-state index is 13.8. The molecule has 0 atom stereocenters. The molecule has 3 nitrogen and oxygen atoms in total. The first kappa shape index (κ1) is 18.9. The highest BCUT2D eigenvalue weighted by Crippen LogP contribution is 2.60. The monoisotopic (exact) mass is 448 g/mol. The molecule has 1 aliphatic carbocycles. The number of para-hydroxylation sites is 1. The first-order valence-electron chi connectivity index (χ1n) is 11.9. The Labute approximate surface area is 201 Å². The molecule has 0 radical (unpaired) electrons. The van der Waals surface area contributed by atoms with Crippen LogP contribution in [0.15, 0.2) is 108 Å². The van der Waals surface area contributed by atoms with Gasteiger partial charge >= 0.3 is 0 Å². The fourth-order valence-electron chi connectivity index (χ4n) is 6.61. The molecule has 0 amide bonds. The van der Waals surface area contributed by atoms with Crippen LogP contribution in [0.3, 0.4) is 0 Å². The molecule has 164 valence electrons. The van der Waals surface area contributed by atoms with Crippen LogP contribution in [-0.4, -0.2) is 9.55 Å². The molecule has 0 saturated carbocycles. The van der Waals surface area contributed by atoms with Crippen LogP contribution in [-0.2, 0) is 5.41 Å². The normalized spacial score (nSPS) is 14.2. The Balaban J connectivity index is 1.72. The topological polar surface area (TPSA) is 34.9 Å². The minimum atomic E-state index is -0.509. The van der Waals surface area contributed by atoms with Gasteiger partial charge in [0.15, 0.2) is 5.43 Å². The zero-order valence-corrected chi connectivity index (χ0v) is 19.1. The van der Waals surface area contributed by atoms with Gasteiger partial charge in [0, 0.05) is 11.6 Å². The van der Waals surface area contributed by atoms with E-state index in [9.17, 15) is 4.79 Å². The Bertz CT molecular complexity index is 1900. The van der Waals surface area contributed by atoms with Crippen LogP contribution in [0.4, 0.5) is 0 Å². The first-order chi connectivity index (χ1) is 17.2. The Hall–Kier alpha value is -4.50. The fourth-order valence-corrected chi connectivity index (χ4v) is 6.61. The van der Waals surface area contributed by atoms with E-state index in [4.69, 9.17) is 4.98 Å². The molecule has 0 bridgehead atoms. The first-order valence-corrected chi connectivity index (χ1v) is 11.9. The highest BCUT2D eigenvalue weighted by atomic mass is 16.1. The smallest absolute Gasteiger partial charge is 0.198 e. The van der Waals surface area contributed by atoms with E-state index in [1.54, 1.807) is 6.20 Å². The molecule has 0 unspecified atom stereocenters. The van der Waals surface area contributed by atoms with Crippen LogP contribution in [0.25, 0.3) is 38.8 Å². The molecule has 0 N–H and O–H groups in total. The zero-order chi connectivity index (χ0) is 23.3. The molecule has 3 heteroatoms. The Morgan fingerprint density at radius 1 is 0.686 bits per heavy atom. The van der Waals surface area contributed by atoms with Crippen molar-refractivity contribution in [2.45, 2.75) is 12.3 Å². The van der Waals surface area contributed by atoms with Crippen LogP contribution >= 0.6 is 0 Å². The second-order valence-electron chi connectivity index (χ2n) is 9.60. The van der Waals surface area contributed by atoms with Gasteiger partial charge in [0.1, 0.15) is 5.65 Å². The average Bonchev–Trinajstić information content (AvgIpc) is 3.19. The van der Waals surface area contributed by atoms with Crippen LogP contribution in [0.1, 0.15) is 27.8 Å². The quantitative estimate of drug-likeness (QED) is 0.247. The van der Waals surface area contributed by atoms with Gasteiger partial charge in [-0.05, 0) is 70.1 Å². The van der Waals surface area contributed by atoms with Crippen molar-refractivity contribution in [1.29, 1.82) is 0 Å². The van der Waals surface area contributed by atoms with Crippen LogP contribution in [0, 0.1) is 6.92 Å². The molecular formula is C32H20N2O. The maximum Gasteiger partial charge on any atom is 0.198 e. The summed E-state index contributed by atoms with van der Waals surface area (Å²) in [7, 11) is 0. The number of fused-ring (bicyclic) bond motifs is 11. The number of benzene rings is 4. The number of hydrogen-bond acceptors (Lipinski definition) is 2. The predicted molar refractivity (Wildman–Crippen MR) is 140 cm³/mol. The standard InChI is InChI=1S/C32H20N2O/c1-19-15-16-26-28(18-19)34-29-22(30(35)23-11-7-17-33-31(23)34)10-6-14-27(29)32(26)24-12-4-2-8-20(24)21-9-3-5-13-25(21)32/h2-18H,1H3. The fraction of sp³-hybridized carbons (Fsp3) is 0.0625. The van der Waals surface area contributed by atoms with Crippen molar-refractivity contribution in [1.82, 2.24) is 9.55 Å². The lowest BCUT2D eigenvalue weighted by atomic mass is 9.65. The van der Waals surface area contributed by atoms with E-state index in [0.717, 1.165) is 22.2 Å². The maximum absolute atomic E-state index is 13.8. The molecule has 6 aromatic rings. The highest BCUT2D eigenvalue weighted by Gasteiger charge is 2.50. The molecule has 1 spiro atoms. The number of hydrogen-bond donors (Lipinski definition) is 0. The summed E-state index contributed by atoms with van der Waals surface area (Å²) in [6, 6.07) is 34.1. The largest absolute Gasteiger partial charge is 0.293 e. The van der Waals surface area contributed by atoms with Gasteiger partial charge in [-0.2, -0.15) is 0 Å². The summed E-state index contributed by atoms with van der Waals surface area (Å²) in [6.07, 6.45) is 1.78. The van der Waals surface area contributed by atoms with Crippen molar-refractivity contribution in [3.63, 3.8) is 0 Å². The van der Waals surface area contributed by atoms with Gasteiger partial charge < -0.3 is 0 Å². The van der Waals surface area contributed by atoms with Crippen LogP contribution in [0.2, 0.25) is 0 Å². The lowest BCUT2D eigenvalue weighted by molar-refractivity contribution is 0.745. The summed E-state index contributed by atoms with van der Waals surface area (Å²) >= 11 is 0. The van der Waals surface area contributed by atoms with E-state index in [1.165, 1.54) is 33.4 Å². The molecule has 0 fully saturated rings. The summed E-state index contributed by atoms with van der Waals surface area (Å²) in [4.78, 5) is 18.5. The Morgan fingerprint density at radius 3 is 2.14 bits per heavy atom. The summed E-state index contributed by atoms with van der Waals surface area (Å²) in [5.41, 5.74) is 10.8. The second kappa shape index (κ2) is 6.34. The number of pyridine rings is 2. The van der Waals surface area contributed by atoms with E-state index in [1.807, 2.05) is 24.3 Å². The SMILES string of the molecule is Cc1ccc2c(c1)-n1c3ncccc3c(=O)c3cccc(c31)C21c2ccccc2-c2ccccc21. The van der Waals surface area contributed by atoms with Gasteiger partial charge in [0.2, 0.25) is 0 Å². The third-order valence-electron chi connectivity index (χ3n) is 7.90. The minimum absolute atomic E-state index is 0.0343. The summed E-state index contributed by atoms with van der Waals surface area (Å²) in [5.74, 6) is 0. The molecule has 0 saturated heterocycles. The number of nitrogens with zero attached hydrogens (tertiary/aromatic N) is 2. The van der Waals surface area contributed by atoms with Gasteiger partial charge in [0.25, 0.3) is 0 Å². The van der Waals surface area contributed by atoms with E-state index in [0.29, 0.717) is 11.0 Å². The molecule has 1 aliphatic heterocycles. The number of aryl methyl sites for hydroxylation is 1. The van der Waals surface area contributed by atoms with Gasteiger partial charge in [-0.1, -0.05) is 72.8 Å². The summed E-state index contributed by atoms with van der Waals surface area (Å²) < 4.78 is 2.22.